The van der Waals surface area contributed by atoms with Crippen LogP contribution >= 0.6 is 0 Å². The molecule has 2 amide bonds. The maximum absolute atomic E-state index is 12.7. The van der Waals surface area contributed by atoms with E-state index in [1.54, 1.807) is 51.4 Å². The topological polar surface area (TPSA) is 80.6 Å². The number of piperazine rings is 1. The van der Waals surface area contributed by atoms with Crippen molar-refractivity contribution < 1.29 is 14.3 Å². The van der Waals surface area contributed by atoms with Crippen LogP contribution in [0.1, 0.15) is 23.2 Å². The van der Waals surface area contributed by atoms with Crippen molar-refractivity contribution in [2.24, 2.45) is 0 Å². The Morgan fingerprint density at radius 1 is 1.12 bits per heavy atom. The normalized spacial score (nSPS) is 20.4. The Kier molecular flexibility index (Phi) is 4.66. The van der Waals surface area contributed by atoms with Crippen LogP contribution in [0.25, 0.3) is 5.82 Å². The smallest absolute Gasteiger partial charge is 0.255 e. The Hall–Kier alpha value is -2.74. The molecule has 0 bridgehead atoms. The van der Waals surface area contributed by atoms with Gasteiger partial charge in [0.25, 0.3) is 11.8 Å². The summed E-state index contributed by atoms with van der Waals surface area (Å²) in [5.41, 5.74) is 0.549. The molecule has 0 saturated carbocycles. The average molecular weight is 355 g/mol. The van der Waals surface area contributed by atoms with Crippen LogP contribution in [0, 0.1) is 0 Å². The molecule has 0 radical (unpaired) electrons. The van der Waals surface area contributed by atoms with Gasteiger partial charge in [0.15, 0.2) is 0 Å². The van der Waals surface area contributed by atoms with Crippen LogP contribution in [-0.2, 0) is 9.53 Å². The van der Waals surface area contributed by atoms with Gasteiger partial charge in [0.1, 0.15) is 18.2 Å². The predicted octanol–water partition coefficient (Wildman–Crippen LogP) is 0.731. The molecule has 26 heavy (non-hydrogen) atoms. The number of rotatable bonds is 3. The molecule has 2 aliphatic heterocycles. The van der Waals surface area contributed by atoms with E-state index in [2.05, 4.69) is 9.97 Å². The van der Waals surface area contributed by atoms with Crippen molar-refractivity contribution in [3.63, 3.8) is 0 Å². The lowest BCUT2D eigenvalue weighted by Gasteiger charge is -2.35. The summed E-state index contributed by atoms with van der Waals surface area (Å²) in [6.45, 7) is 2.81. The molecule has 2 saturated heterocycles. The number of carbonyl (C=O) groups is 2. The summed E-state index contributed by atoms with van der Waals surface area (Å²) in [5, 5.41) is 0. The minimum atomic E-state index is -0.294. The molecule has 8 heteroatoms. The number of amides is 2. The second kappa shape index (κ2) is 7.25. The Morgan fingerprint density at radius 2 is 1.92 bits per heavy atom. The van der Waals surface area contributed by atoms with Gasteiger partial charge in [0, 0.05) is 51.4 Å². The summed E-state index contributed by atoms with van der Waals surface area (Å²) >= 11 is 0. The molecule has 8 nitrogen and oxygen atoms in total. The Balaban J connectivity index is 1.35. The van der Waals surface area contributed by atoms with Crippen LogP contribution in [0.15, 0.2) is 37.1 Å². The van der Waals surface area contributed by atoms with Crippen molar-refractivity contribution in [3.05, 3.63) is 42.6 Å². The third-order valence-electron chi connectivity index (χ3n) is 4.85. The maximum atomic E-state index is 12.7. The molecule has 4 rings (SSSR count). The number of hydrogen-bond acceptors (Lipinski definition) is 5. The molecule has 2 aliphatic rings. The van der Waals surface area contributed by atoms with E-state index >= 15 is 0 Å². The number of aromatic nitrogens is 3. The first-order chi connectivity index (χ1) is 12.7. The molecule has 0 N–H and O–H groups in total. The zero-order valence-electron chi connectivity index (χ0n) is 14.5. The van der Waals surface area contributed by atoms with Crippen molar-refractivity contribution in [1.82, 2.24) is 24.3 Å². The third kappa shape index (κ3) is 3.32. The van der Waals surface area contributed by atoms with Crippen LogP contribution < -0.4 is 0 Å². The molecule has 1 atom stereocenters. The molecule has 2 aromatic heterocycles. The van der Waals surface area contributed by atoms with Crippen molar-refractivity contribution in [1.29, 1.82) is 0 Å². The van der Waals surface area contributed by atoms with Gasteiger partial charge in [-0.25, -0.2) is 9.97 Å². The molecule has 0 aliphatic carbocycles. The summed E-state index contributed by atoms with van der Waals surface area (Å²) in [7, 11) is 0. The SMILES string of the molecule is O=C(c1ccc(-n2ccnc2)nc1)N1CCN(C(=O)C2CCCO2)CC1. The Morgan fingerprint density at radius 3 is 2.54 bits per heavy atom. The number of pyridine rings is 1. The number of ether oxygens (including phenoxy) is 1. The third-order valence-corrected chi connectivity index (χ3v) is 4.85. The highest BCUT2D eigenvalue weighted by Gasteiger charge is 2.31. The van der Waals surface area contributed by atoms with Gasteiger partial charge in [-0.1, -0.05) is 0 Å². The number of hydrogen-bond donors (Lipinski definition) is 0. The number of carbonyl (C=O) groups excluding carboxylic acids is 2. The van der Waals surface area contributed by atoms with Crippen molar-refractivity contribution in [3.8, 4) is 5.82 Å². The summed E-state index contributed by atoms with van der Waals surface area (Å²) in [6, 6.07) is 3.57. The van der Waals surface area contributed by atoms with E-state index in [9.17, 15) is 9.59 Å². The van der Waals surface area contributed by atoms with Crippen molar-refractivity contribution in [2.75, 3.05) is 32.8 Å². The van der Waals surface area contributed by atoms with E-state index in [1.165, 1.54) is 0 Å². The highest BCUT2D eigenvalue weighted by atomic mass is 16.5. The van der Waals surface area contributed by atoms with Crippen molar-refractivity contribution in [2.45, 2.75) is 18.9 Å². The summed E-state index contributed by atoms with van der Waals surface area (Å²) < 4.78 is 7.25. The second-order valence-electron chi connectivity index (χ2n) is 6.49. The average Bonchev–Trinajstić information content (AvgIpc) is 3.41. The van der Waals surface area contributed by atoms with Gasteiger partial charge < -0.3 is 14.5 Å². The molecule has 2 fully saturated rings. The second-order valence-corrected chi connectivity index (χ2v) is 6.49. The monoisotopic (exact) mass is 355 g/mol. The molecular weight excluding hydrogens is 334 g/mol. The zero-order valence-corrected chi connectivity index (χ0v) is 14.5. The van der Waals surface area contributed by atoms with E-state index in [1.807, 2.05) is 0 Å². The highest BCUT2D eigenvalue weighted by Crippen LogP contribution is 2.17. The predicted molar refractivity (Wildman–Crippen MR) is 92.8 cm³/mol. The molecular formula is C18H21N5O3. The number of imidazole rings is 1. The Labute approximate surface area is 151 Å². The molecule has 136 valence electrons. The lowest BCUT2D eigenvalue weighted by molar-refractivity contribution is -0.142. The fourth-order valence-electron chi connectivity index (χ4n) is 3.35. The molecule has 0 spiro atoms. The first-order valence-electron chi connectivity index (χ1n) is 8.86. The van der Waals surface area contributed by atoms with Crippen molar-refractivity contribution >= 4 is 11.8 Å². The Bertz CT molecular complexity index is 761. The van der Waals surface area contributed by atoms with Gasteiger partial charge in [-0.3, -0.25) is 14.2 Å². The molecule has 4 heterocycles. The summed E-state index contributed by atoms with van der Waals surface area (Å²) in [4.78, 5) is 36.9. The number of nitrogens with zero attached hydrogens (tertiary/aromatic N) is 5. The van der Waals surface area contributed by atoms with E-state index < -0.39 is 0 Å². The van der Waals surface area contributed by atoms with Gasteiger partial charge in [0.05, 0.1) is 5.56 Å². The van der Waals surface area contributed by atoms with Crippen LogP contribution in [0.2, 0.25) is 0 Å². The molecule has 2 aromatic rings. The molecule has 1 unspecified atom stereocenters. The zero-order chi connectivity index (χ0) is 17.9. The highest BCUT2D eigenvalue weighted by molar-refractivity contribution is 5.94. The largest absolute Gasteiger partial charge is 0.368 e. The minimum absolute atomic E-state index is 0.0564. The van der Waals surface area contributed by atoms with E-state index in [0.717, 1.165) is 12.8 Å². The van der Waals surface area contributed by atoms with Gasteiger partial charge in [-0.15, -0.1) is 0 Å². The van der Waals surface area contributed by atoms with E-state index in [0.29, 0.717) is 44.2 Å². The lowest BCUT2D eigenvalue weighted by atomic mass is 10.2. The first kappa shape index (κ1) is 16.7. The summed E-state index contributed by atoms with van der Waals surface area (Å²) in [5.74, 6) is 0.714. The van der Waals surface area contributed by atoms with Gasteiger partial charge in [0.2, 0.25) is 0 Å². The van der Waals surface area contributed by atoms with E-state index in [-0.39, 0.29) is 17.9 Å². The quantitative estimate of drug-likeness (QED) is 0.811. The van der Waals surface area contributed by atoms with Gasteiger partial charge >= 0.3 is 0 Å². The maximum Gasteiger partial charge on any atom is 0.255 e. The van der Waals surface area contributed by atoms with E-state index in [4.69, 9.17) is 4.74 Å². The van der Waals surface area contributed by atoms with Crippen LogP contribution in [0.5, 0.6) is 0 Å². The van der Waals surface area contributed by atoms with Crippen LogP contribution in [0.3, 0.4) is 0 Å². The minimum Gasteiger partial charge on any atom is -0.368 e. The fourth-order valence-corrected chi connectivity index (χ4v) is 3.35. The summed E-state index contributed by atoms with van der Waals surface area (Å²) in [6.07, 6.45) is 8.17. The molecule has 0 aromatic carbocycles. The van der Waals surface area contributed by atoms with Crippen LogP contribution in [0.4, 0.5) is 0 Å². The fraction of sp³-hybridized carbons (Fsp3) is 0.444. The lowest BCUT2D eigenvalue weighted by Crippen LogP contribution is -2.52. The van der Waals surface area contributed by atoms with Gasteiger partial charge in [-0.2, -0.15) is 0 Å². The standard InChI is InChI=1S/C18H21N5O3/c24-17(14-3-4-16(20-12-14)23-6-5-19-13-23)21-7-9-22(10-8-21)18(25)15-2-1-11-26-15/h3-6,12-13,15H,1-2,7-11H2. The van der Waals surface area contributed by atoms with Crippen LogP contribution in [-0.4, -0.2) is 75.0 Å². The first-order valence-corrected chi connectivity index (χ1v) is 8.86. The van der Waals surface area contributed by atoms with Gasteiger partial charge in [-0.05, 0) is 25.0 Å².